The highest BCUT2D eigenvalue weighted by Crippen LogP contribution is 2.19. The number of rotatable bonds is 3. The largest absolute Gasteiger partial charge is 0.468 e. The summed E-state index contributed by atoms with van der Waals surface area (Å²) in [5.41, 5.74) is 0. The molecule has 7 heteroatoms. The Morgan fingerprint density at radius 1 is 1.53 bits per heavy atom. The van der Waals surface area contributed by atoms with Gasteiger partial charge in [0.2, 0.25) is 0 Å². The summed E-state index contributed by atoms with van der Waals surface area (Å²) in [6, 6.07) is -0.633. The molecule has 0 rings (SSSR count). The molecule has 15 heavy (non-hydrogen) atoms. The summed E-state index contributed by atoms with van der Waals surface area (Å²) in [6.07, 6.45) is 8.64. The maximum absolute atomic E-state index is 11.8. The fourth-order valence-electron chi connectivity index (χ4n) is 0.757. The van der Waals surface area contributed by atoms with Crippen LogP contribution in [0.4, 0.5) is 4.79 Å². The van der Waals surface area contributed by atoms with Crippen LogP contribution in [0.15, 0.2) is 0 Å². The average Bonchev–Trinajstić information content (AvgIpc) is 2.26. The monoisotopic (exact) mass is 247 g/mol. The van der Waals surface area contributed by atoms with E-state index in [4.69, 9.17) is 11.8 Å². The number of carbonyl (C=O) groups is 1. The summed E-state index contributed by atoms with van der Waals surface area (Å²) in [6.45, 7) is 0.0170. The standard InChI is InChI=1S/C8H13N3O2S2/c1-5-6-10(7(9)13-2)8(12)11(14-3)15-4/h1,9H,6H2,2-4H3. The number of nitrogens with one attached hydrogen (secondary N) is 1. The fraction of sp³-hybridized carbons (Fsp3) is 0.500. The van der Waals surface area contributed by atoms with Crippen LogP contribution in [0.25, 0.3) is 0 Å². The van der Waals surface area contributed by atoms with Gasteiger partial charge < -0.3 is 4.74 Å². The molecule has 0 aromatic heterocycles. The van der Waals surface area contributed by atoms with E-state index in [1.54, 1.807) is 12.5 Å². The van der Waals surface area contributed by atoms with E-state index >= 15 is 0 Å². The van der Waals surface area contributed by atoms with E-state index in [-0.39, 0.29) is 18.6 Å². The van der Waals surface area contributed by atoms with Crippen molar-refractivity contribution in [3.63, 3.8) is 0 Å². The van der Waals surface area contributed by atoms with Crippen LogP contribution in [0.1, 0.15) is 0 Å². The van der Waals surface area contributed by atoms with Crippen molar-refractivity contribution in [3.8, 4) is 12.3 Å². The molecule has 0 bridgehead atoms. The SMILES string of the molecule is C#CCN(C(=N)OC)C(=O)N(SC)SC. The van der Waals surface area contributed by atoms with Gasteiger partial charge in [0, 0.05) is 12.5 Å². The van der Waals surface area contributed by atoms with Crippen molar-refractivity contribution >= 4 is 35.9 Å². The molecule has 0 aliphatic carbocycles. The number of hydrogen-bond acceptors (Lipinski definition) is 5. The van der Waals surface area contributed by atoms with Gasteiger partial charge in [-0.05, 0) is 23.9 Å². The lowest BCUT2D eigenvalue weighted by Crippen LogP contribution is -2.41. The molecular formula is C8H13N3O2S2. The second kappa shape index (κ2) is 7.31. The van der Waals surface area contributed by atoms with Crippen molar-refractivity contribution in [1.82, 2.24) is 8.61 Å². The summed E-state index contributed by atoms with van der Waals surface area (Å²) in [5, 5.41) is 7.41. The van der Waals surface area contributed by atoms with Crippen molar-refractivity contribution < 1.29 is 9.53 Å². The van der Waals surface area contributed by atoms with E-state index in [2.05, 4.69) is 10.7 Å². The van der Waals surface area contributed by atoms with Crippen molar-refractivity contribution in [3.05, 3.63) is 0 Å². The maximum atomic E-state index is 11.8. The Morgan fingerprint density at radius 2 is 2.07 bits per heavy atom. The Hall–Kier alpha value is -1.000. The number of nitrogens with zero attached hydrogens (tertiary/aromatic N) is 2. The number of amides is 2. The second-order valence-corrected chi connectivity index (χ2v) is 3.90. The second-order valence-electron chi connectivity index (χ2n) is 2.20. The van der Waals surface area contributed by atoms with Crippen LogP contribution in [-0.4, -0.2) is 46.8 Å². The van der Waals surface area contributed by atoms with Gasteiger partial charge in [-0.1, -0.05) is 5.92 Å². The lowest BCUT2D eigenvalue weighted by atomic mass is 10.6. The van der Waals surface area contributed by atoms with Gasteiger partial charge in [0.25, 0.3) is 6.02 Å². The highest BCUT2D eigenvalue weighted by atomic mass is 32.2. The van der Waals surface area contributed by atoms with Gasteiger partial charge in [0.05, 0.1) is 13.7 Å². The lowest BCUT2D eigenvalue weighted by Gasteiger charge is -2.24. The smallest absolute Gasteiger partial charge is 0.349 e. The Labute approximate surface area is 98.3 Å². The Kier molecular flexibility index (Phi) is 6.83. The van der Waals surface area contributed by atoms with E-state index < -0.39 is 0 Å². The average molecular weight is 247 g/mol. The third kappa shape index (κ3) is 3.93. The molecule has 0 aromatic carbocycles. The number of hydrogen-bond donors (Lipinski definition) is 1. The number of methoxy groups -OCH3 is 1. The number of urea groups is 1. The maximum Gasteiger partial charge on any atom is 0.349 e. The van der Waals surface area contributed by atoms with Crippen molar-refractivity contribution in [2.75, 3.05) is 26.2 Å². The van der Waals surface area contributed by atoms with Crippen LogP contribution < -0.4 is 0 Å². The summed E-state index contributed by atoms with van der Waals surface area (Å²) >= 11 is 2.49. The molecular weight excluding hydrogens is 234 g/mol. The number of terminal acetylenes is 1. The first kappa shape index (κ1) is 14.0. The minimum Gasteiger partial charge on any atom is -0.468 e. The zero-order chi connectivity index (χ0) is 11.8. The van der Waals surface area contributed by atoms with Gasteiger partial charge in [-0.25, -0.2) is 13.4 Å². The first-order valence-corrected chi connectivity index (χ1v) is 6.24. The number of carbonyl (C=O) groups excluding carboxylic acids is 1. The number of amidine groups is 1. The van der Waals surface area contributed by atoms with Crippen LogP contribution in [0.2, 0.25) is 0 Å². The molecule has 2 amide bonds. The molecule has 0 radical (unpaired) electrons. The van der Waals surface area contributed by atoms with Gasteiger partial charge in [-0.3, -0.25) is 5.41 Å². The van der Waals surface area contributed by atoms with E-state index in [1.807, 2.05) is 0 Å². The first-order chi connectivity index (χ1) is 7.12. The van der Waals surface area contributed by atoms with E-state index in [1.165, 1.54) is 34.7 Å². The van der Waals surface area contributed by atoms with Crippen molar-refractivity contribution in [1.29, 1.82) is 5.41 Å². The minimum atomic E-state index is -0.375. The Balaban J connectivity index is 4.69. The van der Waals surface area contributed by atoms with Crippen LogP contribution in [0, 0.1) is 17.8 Å². The quantitative estimate of drug-likeness (QED) is 0.355. The predicted molar refractivity (Wildman–Crippen MR) is 64.5 cm³/mol. The topological polar surface area (TPSA) is 56.6 Å². The molecule has 1 N–H and O–H groups in total. The normalized spacial score (nSPS) is 8.93. The van der Waals surface area contributed by atoms with Gasteiger partial charge in [-0.2, -0.15) is 0 Å². The summed E-state index contributed by atoms with van der Waals surface area (Å²) in [7, 11) is 1.32. The highest BCUT2D eigenvalue weighted by Gasteiger charge is 2.23. The summed E-state index contributed by atoms with van der Waals surface area (Å²) in [4.78, 5) is 12.9. The molecule has 0 fully saturated rings. The molecule has 0 spiro atoms. The molecule has 0 heterocycles. The molecule has 5 nitrogen and oxygen atoms in total. The molecule has 0 unspecified atom stereocenters. The van der Waals surface area contributed by atoms with Gasteiger partial charge >= 0.3 is 6.03 Å². The van der Waals surface area contributed by atoms with E-state index in [0.29, 0.717) is 0 Å². The molecule has 0 saturated carbocycles. The Bertz CT molecular complexity index is 274. The number of ether oxygens (including phenoxy) is 1. The van der Waals surface area contributed by atoms with Gasteiger partial charge in [0.1, 0.15) is 0 Å². The predicted octanol–water partition coefficient (Wildman–Crippen LogP) is 1.48. The fourth-order valence-corrected chi connectivity index (χ4v) is 1.86. The highest BCUT2D eigenvalue weighted by molar-refractivity contribution is 8.12. The molecule has 0 saturated heterocycles. The van der Waals surface area contributed by atoms with E-state index in [0.717, 1.165) is 4.90 Å². The van der Waals surface area contributed by atoms with Crippen LogP contribution in [0.3, 0.4) is 0 Å². The Morgan fingerprint density at radius 3 is 2.40 bits per heavy atom. The van der Waals surface area contributed by atoms with Crippen LogP contribution >= 0.6 is 23.9 Å². The summed E-state index contributed by atoms with van der Waals surface area (Å²) in [5.74, 6) is 2.31. The molecule has 0 aliphatic heterocycles. The van der Waals surface area contributed by atoms with E-state index in [9.17, 15) is 4.79 Å². The first-order valence-electron chi connectivity index (χ1n) is 3.88. The van der Waals surface area contributed by atoms with Crippen molar-refractivity contribution in [2.24, 2.45) is 0 Å². The summed E-state index contributed by atoms with van der Waals surface area (Å²) < 4.78 is 6.08. The van der Waals surface area contributed by atoms with Crippen LogP contribution in [0.5, 0.6) is 0 Å². The van der Waals surface area contributed by atoms with Gasteiger partial charge in [0.15, 0.2) is 0 Å². The lowest BCUT2D eigenvalue weighted by molar-refractivity contribution is 0.209. The van der Waals surface area contributed by atoms with Crippen molar-refractivity contribution in [2.45, 2.75) is 0 Å². The van der Waals surface area contributed by atoms with Crippen LogP contribution in [-0.2, 0) is 4.74 Å². The zero-order valence-corrected chi connectivity index (χ0v) is 10.4. The molecule has 84 valence electrons. The van der Waals surface area contributed by atoms with Gasteiger partial charge in [-0.15, -0.1) is 6.42 Å². The minimum absolute atomic E-state index is 0.0170. The molecule has 0 atom stereocenters. The molecule has 0 aromatic rings. The molecule has 0 aliphatic rings. The zero-order valence-electron chi connectivity index (χ0n) is 8.81. The third-order valence-corrected chi connectivity index (χ3v) is 3.28. The third-order valence-electron chi connectivity index (χ3n) is 1.41.